The first-order chi connectivity index (χ1) is 21.4. The van der Waals surface area contributed by atoms with Gasteiger partial charge in [0.25, 0.3) is 5.69 Å². The van der Waals surface area contributed by atoms with Crippen molar-refractivity contribution in [1.29, 1.82) is 0 Å². The maximum absolute atomic E-state index is 15.3. The van der Waals surface area contributed by atoms with Crippen LogP contribution in [-0.4, -0.2) is 55.6 Å². The lowest BCUT2D eigenvalue weighted by Gasteiger charge is -2.40. The minimum absolute atomic E-state index is 0.00408. The highest BCUT2D eigenvalue weighted by molar-refractivity contribution is 6.76. The van der Waals surface area contributed by atoms with E-state index in [0.29, 0.717) is 23.2 Å². The number of ether oxygens (including phenoxy) is 5. The van der Waals surface area contributed by atoms with Gasteiger partial charge in [-0.2, -0.15) is 0 Å². The number of fused-ring (bicyclic) bond motifs is 1. The quantitative estimate of drug-likeness (QED) is 0.0765. The Morgan fingerprint density at radius 2 is 1.84 bits per heavy atom. The summed E-state index contributed by atoms with van der Waals surface area (Å²) >= 11 is 0. The molecule has 0 aliphatic carbocycles. The molecule has 0 radical (unpaired) electrons. The van der Waals surface area contributed by atoms with Gasteiger partial charge in [0.2, 0.25) is 0 Å². The van der Waals surface area contributed by atoms with Crippen LogP contribution in [-0.2, 0) is 26.5 Å². The van der Waals surface area contributed by atoms with Crippen molar-refractivity contribution in [1.82, 2.24) is 9.55 Å². The van der Waals surface area contributed by atoms with Gasteiger partial charge in [0, 0.05) is 64.0 Å². The number of rotatable bonds is 12. The van der Waals surface area contributed by atoms with E-state index in [1.54, 1.807) is 11.7 Å². The summed E-state index contributed by atoms with van der Waals surface area (Å²) in [7, 11) is 0.256. The summed E-state index contributed by atoms with van der Waals surface area (Å²) in [6, 6.07) is 8.97. The van der Waals surface area contributed by atoms with Crippen LogP contribution in [0.15, 0.2) is 54.9 Å². The second-order valence-corrected chi connectivity index (χ2v) is 17.3. The summed E-state index contributed by atoms with van der Waals surface area (Å²) in [6.45, 7) is 8.11. The molecule has 0 atom stereocenters. The Kier molecular flexibility index (Phi) is 9.15. The molecule has 0 saturated carbocycles. The lowest BCUT2D eigenvalue weighted by atomic mass is 9.91. The summed E-state index contributed by atoms with van der Waals surface area (Å²) < 4.78 is 60.5. The fraction of sp³-hybridized carbons (Fsp3) is 0.333. The van der Waals surface area contributed by atoms with Crippen LogP contribution in [0.4, 0.5) is 25.0 Å². The Morgan fingerprint density at radius 1 is 1.16 bits per heavy atom. The number of aromatic nitrogens is 2. The number of benzene rings is 2. The first kappa shape index (κ1) is 32.0. The fourth-order valence-corrected chi connectivity index (χ4v) is 5.41. The van der Waals surface area contributed by atoms with Gasteiger partial charge in [0.15, 0.2) is 17.4 Å². The minimum atomic E-state index is -1.30. The van der Waals surface area contributed by atoms with Gasteiger partial charge >= 0.3 is 6.09 Å². The number of nitro groups is 1. The van der Waals surface area contributed by atoms with E-state index in [1.807, 2.05) is 6.20 Å². The van der Waals surface area contributed by atoms with Crippen LogP contribution in [0.3, 0.4) is 0 Å². The highest BCUT2D eigenvalue weighted by atomic mass is 28.3. The molecule has 0 bridgehead atoms. The number of anilines is 1. The Hall–Kier alpha value is -4.44. The van der Waals surface area contributed by atoms with E-state index in [4.69, 9.17) is 23.7 Å². The summed E-state index contributed by atoms with van der Waals surface area (Å²) in [5, 5.41) is 13.5. The van der Waals surface area contributed by atoms with Crippen molar-refractivity contribution in [3.05, 3.63) is 82.2 Å². The predicted octanol–water partition coefficient (Wildman–Crippen LogP) is 6.81. The van der Waals surface area contributed by atoms with Gasteiger partial charge in [-0.3, -0.25) is 15.4 Å². The molecular weight excluding hydrogens is 610 g/mol. The third-order valence-electron chi connectivity index (χ3n) is 7.21. The summed E-state index contributed by atoms with van der Waals surface area (Å²) in [4.78, 5) is 27.0. The number of nitrogens with zero attached hydrogens (tertiary/aromatic N) is 3. The van der Waals surface area contributed by atoms with Crippen LogP contribution in [0.1, 0.15) is 5.56 Å². The standard InChI is InChI=1S/C30H32F2N4O8Si/c1-40-30(16-42-17-30)22-15-35(18-41-11-12-45(2,3)4)28-26(22)25(9-10-33-28)44-27-23(31)13-19(14-24(27)32)34-29(37)43-21-7-5-20(6-8-21)36(38)39/h5-10,13-15H,11-12,16-18H2,1-4H3,(H,34,37). The van der Waals surface area contributed by atoms with E-state index < -0.39 is 42.1 Å². The molecule has 45 heavy (non-hydrogen) atoms. The molecule has 1 N–H and O–H groups in total. The molecule has 1 aliphatic heterocycles. The molecule has 1 aliphatic rings. The van der Waals surface area contributed by atoms with Crippen molar-refractivity contribution in [3.8, 4) is 17.2 Å². The third-order valence-corrected chi connectivity index (χ3v) is 8.92. The number of carbonyl (C=O) groups is 1. The number of pyridine rings is 1. The van der Waals surface area contributed by atoms with Crippen LogP contribution < -0.4 is 14.8 Å². The Morgan fingerprint density at radius 3 is 2.42 bits per heavy atom. The van der Waals surface area contributed by atoms with Gasteiger partial charge in [-0.05, 0) is 24.2 Å². The van der Waals surface area contributed by atoms with Gasteiger partial charge in [-0.25, -0.2) is 18.6 Å². The molecule has 238 valence electrons. The molecule has 1 amide bonds. The molecule has 4 aromatic rings. The second kappa shape index (κ2) is 12.9. The normalized spacial score (nSPS) is 14.2. The second-order valence-electron chi connectivity index (χ2n) is 11.7. The van der Waals surface area contributed by atoms with Crippen LogP contribution in [0.2, 0.25) is 25.7 Å². The maximum Gasteiger partial charge on any atom is 0.417 e. The molecular formula is C30H32F2N4O8Si. The van der Waals surface area contributed by atoms with Gasteiger partial charge in [-0.15, -0.1) is 0 Å². The third kappa shape index (κ3) is 7.11. The van der Waals surface area contributed by atoms with E-state index in [9.17, 15) is 14.9 Å². The molecule has 2 aromatic heterocycles. The first-order valence-electron chi connectivity index (χ1n) is 14.0. The highest BCUT2D eigenvalue weighted by Crippen LogP contribution is 2.43. The summed E-state index contributed by atoms with van der Waals surface area (Å²) in [6.07, 6.45) is 2.25. The van der Waals surface area contributed by atoms with E-state index in [0.717, 1.165) is 30.3 Å². The number of hydrogen-bond acceptors (Lipinski definition) is 9. The Balaban J connectivity index is 1.39. The van der Waals surface area contributed by atoms with E-state index in [2.05, 4.69) is 29.9 Å². The number of hydrogen-bond donors (Lipinski definition) is 1. The molecule has 2 aromatic carbocycles. The predicted molar refractivity (Wildman–Crippen MR) is 163 cm³/mol. The Bertz CT molecular complexity index is 1690. The number of carbonyl (C=O) groups excluding carboxylic acids is 1. The summed E-state index contributed by atoms with van der Waals surface area (Å²) in [5.41, 5.74) is -0.0841. The van der Waals surface area contributed by atoms with Gasteiger partial charge in [0.1, 0.15) is 29.5 Å². The van der Waals surface area contributed by atoms with Crippen molar-refractivity contribution < 1.29 is 42.2 Å². The average molecular weight is 643 g/mol. The monoisotopic (exact) mass is 642 g/mol. The van der Waals surface area contributed by atoms with Crippen molar-refractivity contribution in [3.63, 3.8) is 0 Å². The van der Waals surface area contributed by atoms with Crippen molar-refractivity contribution in [2.24, 2.45) is 0 Å². The number of nitro benzene ring substituents is 1. The SMILES string of the molecule is COC1(c2cn(COCC[Si](C)(C)C)c3nccc(Oc4c(F)cc(NC(=O)Oc5ccc([N+](=O)[O-])cc5)cc4F)c23)COC1. The molecule has 3 heterocycles. The number of amides is 1. The van der Waals surface area contributed by atoms with Crippen LogP contribution in [0.5, 0.6) is 17.2 Å². The highest BCUT2D eigenvalue weighted by Gasteiger charge is 2.44. The lowest BCUT2D eigenvalue weighted by Crippen LogP contribution is -2.48. The average Bonchev–Trinajstić information content (AvgIpc) is 3.32. The molecule has 5 rings (SSSR count). The summed E-state index contributed by atoms with van der Waals surface area (Å²) in [5.74, 6) is -2.74. The minimum Gasteiger partial charge on any atom is -0.450 e. The lowest BCUT2D eigenvalue weighted by molar-refractivity contribution is -0.384. The molecule has 1 saturated heterocycles. The van der Waals surface area contributed by atoms with Crippen LogP contribution in [0.25, 0.3) is 11.0 Å². The van der Waals surface area contributed by atoms with Crippen LogP contribution >= 0.6 is 0 Å². The number of halogens is 2. The molecule has 0 unspecified atom stereocenters. The number of non-ortho nitro benzene ring substituents is 1. The topological polar surface area (TPSA) is 136 Å². The molecule has 15 heteroatoms. The molecule has 1 fully saturated rings. The zero-order valence-corrected chi connectivity index (χ0v) is 26.1. The number of nitrogens with one attached hydrogen (secondary N) is 1. The zero-order valence-electron chi connectivity index (χ0n) is 25.1. The van der Waals surface area contributed by atoms with Crippen molar-refractivity contribution in [2.45, 2.75) is 38.0 Å². The largest absolute Gasteiger partial charge is 0.450 e. The van der Waals surface area contributed by atoms with Crippen molar-refractivity contribution in [2.75, 3.05) is 32.2 Å². The van der Waals surface area contributed by atoms with Crippen LogP contribution in [0, 0.1) is 21.7 Å². The van der Waals surface area contributed by atoms with Gasteiger partial charge in [0.05, 0.1) is 29.2 Å². The van der Waals surface area contributed by atoms with Gasteiger partial charge < -0.3 is 28.3 Å². The first-order valence-corrected chi connectivity index (χ1v) is 17.7. The Labute approximate surface area is 258 Å². The smallest absolute Gasteiger partial charge is 0.417 e. The molecule has 0 spiro atoms. The molecule has 12 nitrogen and oxygen atoms in total. The van der Waals surface area contributed by atoms with E-state index >= 15 is 8.78 Å². The van der Waals surface area contributed by atoms with E-state index in [1.165, 1.54) is 24.4 Å². The fourth-order valence-electron chi connectivity index (χ4n) is 4.65. The van der Waals surface area contributed by atoms with Crippen molar-refractivity contribution >= 4 is 36.6 Å². The maximum atomic E-state index is 15.3. The van der Waals surface area contributed by atoms with E-state index in [-0.39, 0.29) is 42.8 Å². The van der Waals surface area contributed by atoms with Gasteiger partial charge in [-0.1, -0.05) is 19.6 Å². The number of methoxy groups -OCH3 is 1. The zero-order chi connectivity index (χ0) is 32.4.